The second-order valence-corrected chi connectivity index (χ2v) is 4.43. The molecule has 0 aliphatic carbocycles. The summed E-state index contributed by atoms with van der Waals surface area (Å²) in [5.41, 5.74) is 7.94. The van der Waals surface area contributed by atoms with Gasteiger partial charge in [-0.1, -0.05) is 23.7 Å². The highest BCUT2D eigenvalue weighted by atomic mass is 35.5. The molecule has 94 valence electrons. The molecule has 1 aromatic heterocycles. The van der Waals surface area contributed by atoms with Crippen molar-refractivity contribution in [3.8, 4) is 0 Å². The molecule has 3 nitrogen and oxygen atoms in total. The number of hydrogen-bond acceptors (Lipinski definition) is 3. The van der Waals surface area contributed by atoms with E-state index in [0.717, 1.165) is 23.3 Å². The summed E-state index contributed by atoms with van der Waals surface area (Å²) < 4.78 is 5.37. The van der Waals surface area contributed by atoms with E-state index in [-0.39, 0.29) is 18.4 Å². The Labute approximate surface area is 116 Å². The van der Waals surface area contributed by atoms with Crippen molar-refractivity contribution in [3.05, 3.63) is 58.5 Å². The molecule has 18 heavy (non-hydrogen) atoms. The fourth-order valence-electron chi connectivity index (χ4n) is 2.16. The molecule has 2 N–H and O–H groups in total. The van der Waals surface area contributed by atoms with Crippen LogP contribution in [-0.2, 0) is 6.42 Å². The molecule has 0 radical (unpaired) electrons. The molecule has 1 aliphatic rings. The lowest BCUT2D eigenvalue weighted by atomic mass is 9.95. The average molecular weight is 283 g/mol. The minimum absolute atomic E-state index is 0. The maximum absolute atomic E-state index is 6.13. The molecule has 1 aliphatic heterocycles. The summed E-state index contributed by atoms with van der Waals surface area (Å²) in [5.74, 6) is 1.32. The summed E-state index contributed by atoms with van der Waals surface area (Å²) in [6, 6.07) is 9.51. The van der Waals surface area contributed by atoms with Crippen molar-refractivity contribution in [1.29, 1.82) is 0 Å². The summed E-state index contributed by atoms with van der Waals surface area (Å²) in [4.78, 5) is 4.44. The fraction of sp³-hybridized carbons (Fsp3) is 0.154. The number of furan rings is 1. The molecule has 0 saturated heterocycles. The maximum Gasteiger partial charge on any atom is 0.128 e. The normalized spacial score (nSPS) is 17.6. The van der Waals surface area contributed by atoms with Crippen LogP contribution in [-0.4, -0.2) is 5.84 Å². The van der Waals surface area contributed by atoms with Gasteiger partial charge in [-0.15, -0.1) is 12.4 Å². The van der Waals surface area contributed by atoms with E-state index in [9.17, 15) is 0 Å². The van der Waals surface area contributed by atoms with E-state index in [2.05, 4.69) is 4.99 Å². The van der Waals surface area contributed by atoms with Crippen molar-refractivity contribution in [2.45, 2.75) is 12.5 Å². The zero-order chi connectivity index (χ0) is 11.8. The molecule has 0 saturated carbocycles. The van der Waals surface area contributed by atoms with Gasteiger partial charge in [-0.05, 0) is 23.8 Å². The summed E-state index contributed by atoms with van der Waals surface area (Å²) in [5, 5.41) is 0.654. The highest BCUT2D eigenvalue weighted by Crippen LogP contribution is 2.32. The van der Waals surface area contributed by atoms with Crippen LogP contribution in [0, 0.1) is 0 Å². The van der Waals surface area contributed by atoms with Crippen molar-refractivity contribution in [1.82, 2.24) is 0 Å². The Hall–Kier alpha value is -1.45. The Balaban J connectivity index is 0.00000120. The van der Waals surface area contributed by atoms with Crippen LogP contribution in [0.4, 0.5) is 0 Å². The van der Waals surface area contributed by atoms with Gasteiger partial charge >= 0.3 is 0 Å². The standard InChI is InChI=1S/C13H11ClN2O.ClH/c14-9-4-1-3-8-7-10(11-5-2-6-17-11)16-13(15)12(8)9;/h1-6,10H,7H2,(H2,15,16);1H. The number of benzene rings is 1. The van der Waals surface area contributed by atoms with Gasteiger partial charge in [0.25, 0.3) is 0 Å². The maximum atomic E-state index is 6.13. The molecule has 0 spiro atoms. The molecule has 1 atom stereocenters. The largest absolute Gasteiger partial charge is 0.467 e. The Morgan fingerprint density at radius 3 is 2.83 bits per heavy atom. The zero-order valence-corrected chi connectivity index (χ0v) is 11.0. The number of amidine groups is 1. The van der Waals surface area contributed by atoms with Gasteiger partial charge in [-0.25, -0.2) is 0 Å². The lowest BCUT2D eigenvalue weighted by molar-refractivity contribution is 0.463. The van der Waals surface area contributed by atoms with Crippen LogP contribution in [0.15, 0.2) is 46.0 Å². The SMILES string of the molecule is Cl.NC1=NC(c2ccco2)Cc2cccc(Cl)c21. The van der Waals surface area contributed by atoms with E-state index < -0.39 is 0 Å². The zero-order valence-electron chi connectivity index (χ0n) is 9.47. The molecule has 1 unspecified atom stereocenters. The number of fused-ring (bicyclic) bond motifs is 1. The molecular weight excluding hydrogens is 271 g/mol. The van der Waals surface area contributed by atoms with E-state index in [1.165, 1.54) is 0 Å². The quantitative estimate of drug-likeness (QED) is 0.872. The van der Waals surface area contributed by atoms with Gasteiger partial charge in [0.1, 0.15) is 17.6 Å². The number of nitrogens with two attached hydrogens (primary N) is 1. The van der Waals surface area contributed by atoms with Gasteiger partial charge < -0.3 is 10.2 Å². The lowest BCUT2D eigenvalue weighted by Crippen LogP contribution is -2.23. The first-order valence-corrected chi connectivity index (χ1v) is 5.78. The van der Waals surface area contributed by atoms with Crippen LogP contribution in [0.25, 0.3) is 0 Å². The van der Waals surface area contributed by atoms with E-state index in [1.807, 2.05) is 30.3 Å². The third-order valence-electron chi connectivity index (χ3n) is 2.94. The molecule has 0 bridgehead atoms. The summed E-state index contributed by atoms with van der Waals surface area (Å²) in [6.07, 6.45) is 2.42. The number of aliphatic imine (C=N–C) groups is 1. The fourth-order valence-corrected chi connectivity index (χ4v) is 2.45. The first-order chi connectivity index (χ1) is 8.25. The first kappa shape index (κ1) is 13.0. The number of nitrogens with zero attached hydrogens (tertiary/aromatic N) is 1. The molecular formula is C13H12Cl2N2O. The highest BCUT2D eigenvalue weighted by molar-refractivity contribution is 6.34. The molecule has 3 rings (SSSR count). The van der Waals surface area contributed by atoms with Gasteiger partial charge in [0.15, 0.2) is 0 Å². The number of rotatable bonds is 1. The Kier molecular flexibility index (Phi) is 3.64. The topological polar surface area (TPSA) is 51.5 Å². The highest BCUT2D eigenvalue weighted by Gasteiger charge is 2.23. The molecule has 2 aromatic rings. The Bertz CT molecular complexity index is 579. The molecule has 0 fully saturated rings. The third kappa shape index (κ3) is 2.11. The van der Waals surface area contributed by atoms with Crippen molar-refractivity contribution in [2.24, 2.45) is 10.7 Å². The molecule has 2 heterocycles. The summed E-state index contributed by atoms with van der Waals surface area (Å²) in [6.45, 7) is 0. The Morgan fingerprint density at radius 1 is 1.28 bits per heavy atom. The molecule has 1 aromatic carbocycles. The predicted octanol–water partition coefficient (Wildman–Crippen LogP) is 3.36. The summed E-state index contributed by atoms with van der Waals surface area (Å²) in [7, 11) is 0. The average Bonchev–Trinajstić information content (AvgIpc) is 2.81. The lowest BCUT2D eigenvalue weighted by Gasteiger charge is -2.20. The van der Waals surface area contributed by atoms with Gasteiger partial charge in [0.2, 0.25) is 0 Å². The monoisotopic (exact) mass is 282 g/mol. The van der Waals surface area contributed by atoms with Crippen molar-refractivity contribution >= 4 is 29.8 Å². The first-order valence-electron chi connectivity index (χ1n) is 5.40. The van der Waals surface area contributed by atoms with E-state index in [0.29, 0.717) is 10.9 Å². The smallest absolute Gasteiger partial charge is 0.128 e. The van der Waals surface area contributed by atoms with Crippen molar-refractivity contribution in [3.63, 3.8) is 0 Å². The van der Waals surface area contributed by atoms with Gasteiger partial charge in [0, 0.05) is 12.0 Å². The summed E-state index contributed by atoms with van der Waals surface area (Å²) >= 11 is 6.13. The number of halogens is 2. The van der Waals surface area contributed by atoms with Gasteiger partial charge in [-0.2, -0.15) is 0 Å². The second kappa shape index (κ2) is 5.04. The minimum Gasteiger partial charge on any atom is -0.467 e. The Morgan fingerprint density at radius 2 is 2.11 bits per heavy atom. The second-order valence-electron chi connectivity index (χ2n) is 4.02. The van der Waals surface area contributed by atoms with Crippen molar-refractivity contribution in [2.75, 3.05) is 0 Å². The predicted molar refractivity (Wildman–Crippen MR) is 74.6 cm³/mol. The van der Waals surface area contributed by atoms with Crippen LogP contribution in [0.5, 0.6) is 0 Å². The van der Waals surface area contributed by atoms with Crippen LogP contribution < -0.4 is 5.73 Å². The molecule has 5 heteroatoms. The van der Waals surface area contributed by atoms with Crippen LogP contribution >= 0.6 is 24.0 Å². The molecule has 0 amide bonds. The number of hydrogen-bond donors (Lipinski definition) is 1. The minimum atomic E-state index is -0.0454. The van der Waals surface area contributed by atoms with Crippen molar-refractivity contribution < 1.29 is 4.42 Å². The van der Waals surface area contributed by atoms with Gasteiger partial charge in [0.05, 0.1) is 11.3 Å². The van der Waals surface area contributed by atoms with E-state index in [1.54, 1.807) is 6.26 Å². The van der Waals surface area contributed by atoms with E-state index in [4.69, 9.17) is 21.8 Å². The van der Waals surface area contributed by atoms with Crippen LogP contribution in [0.1, 0.15) is 22.9 Å². The third-order valence-corrected chi connectivity index (χ3v) is 3.25. The van der Waals surface area contributed by atoms with Crippen LogP contribution in [0.2, 0.25) is 5.02 Å². The van der Waals surface area contributed by atoms with Crippen LogP contribution in [0.3, 0.4) is 0 Å². The van der Waals surface area contributed by atoms with Gasteiger partial charge in [-0.3, -0.25) is 4.99 Å². The van der Waals surface area contributed by atoms with E-state index >= 15 is 0 Å².